The molecule has 0 fully saturated rings. The summed E-state index contributed by atoms with van der Waals surface area (Å²) in [5.74, 6) is 0. The number of hydrogen-bond donors (Lipinski definition) is 0. The molecule has 0 spiro atoms. The Labute approximate surface area is 241 Å². The average Bonchev–Trinajstić information content (AvgIpc) is 2.67. The molecule has 0 aliphatic heterocycles. The number of hydrogen-bond acceptors (Lipinski definition) is 2. The van der Waals surface area contributed by atoms with E-state index in [1.54, 1.807) is 0 Å². The van der Waals surface area contributed by atoms with Crippen LogP contribution in [0.5, 0.6) is 0 Å². The maximum absolute atomic E-state index is 6.49. The van der Waals surface area contributed by atoms with Gasteiger partial charge < -0.3 is 0 Å². The van der Waals surface area contributed by atoms with Crippen LogP contribution in [-0.4, -0.2) is 78.3 Å². The van der Waals surface area contributed by atoms with E-state index in [1.165, 1.54) is 0 Å². The molecule has 2 nitrogen and oxygen atoms in total. The minimum atomic E-state index is -1.77. The van der Waals surface area contributed by atoms with Crippen LogP contribution in [0.1, 0.15) is 111 Å². The van der Waals surface area contributed by atoms with Crippen LogP contribution in [0, 0.1) is 0 Å². The third kappa shape index (κ3) is 8.42. The Morgan fingerprint density at radius 1 is 0.382 bits per heavy atom. The van der Waals surface area contributed by atoms with Crippen molar-refractivity contribution in [3.05, 3.63) is 0 Å². The topological polar surface area (TPSA) is 24.7 Å². The van der Waals surface area contributed by atoms with Gasteiger partial charge >= 0.3 is 244 Å². The summed E-state index contributed by atoms with van der Waals surface area (Å²) in [6.07, 6.45) is -3.53. The third-order valence-electron chi connectivity index (χ3n) is 6.75. The van der Waals surface area contributed by atoms with Gasteiger partial charge in [-0.15, -0.1) is 0 Å². The molecule has 10 heteroatoms. The van der Waals surface area contributed by atoms with Crippen molar-refractivity contribution in [2.24, 2.45) is 9.03 Å². The summed E-state index contributed by atoms with van der Waals surface area (Å²) in [7, 11) is 0. The second-order valence-electron chi connectivity index (χ2n) is 11.8. The van der Waals surface area contributed by atoms with Crippen LogP contribution in [0.25, 0.3) is 0 Å². The summed E-state index contributed by atoms with van der Waals surface area (Å²) in [4.78, 5) is 0. The zero-order valence-electron chi connectivity index (χ0n) is 24.9. The van der Waals surface area contributed by atoms with Crippen molar-refractivity contribution in [2.45, 2.75) is 156 Å². The predicted molar refractivity (Wildman–Crippen MR) is 180 cm³/mol. The molecule has 0 aromatic carbocycles. The van der Waals surface area contributed by atoms with Crippen molar-refractivity contribution in [3.8, 4) is 0 Å². The molecule has 0 unspecified atom stereocenters. The monoisotopic (exact) mass is 820 g/mol. The molecule has 0 saturated carbocycles. The van der Waals surface area contributed by atoms with Crippen LogP contribution < -0.4 is 0 Å². The van der Waals surface area contributed by atoms with Crippen LogP contribution in [-0.2, 0) is 23.6 Å². The quantitative estimate of drug-likeness (QED) is 0.137. The summed E-state index contributed by atoms with van der Waals surface area (Å²) < 4.78 is 9.12. The third-order valence-corrected chi connectivity index (χ3v) is 93.1. The SMILES string of the molecule is CC(C)P(=S)(N=P([Te][Te]P(=NP(=S)(C(C)C)C(C)C)(C(C)C)C(C)C)(C(C)C)C(C)C)C(C)C. The molecule has 0 aromatic rings. The second kappa shape index (κ2) is 14.8. The molecule has 34 heavy (non-hydrogen) atoms. The van der Waals surface area contributed by atoms with Gasteiger partial charge in [0.05, 0.1) is 0 Å². The fourth-order valence-electron chi connectivity index (χ4n) is 4.13. The van der Waals surface area contributed by atoms with Gasteiger partial charge in [-0.2, -0.15) is 0 Å². The van der Waals surface area contributed by atoms with E-state index >= 15 is 0 Å². The zero-order chi connectivity index (χ0) is 27.4. The molecule has 206 valence electrons. The Balaban J connectivity index is 7.26. The first-order valence-corrected chi connectivity index (χ1v) is 36.0. The number of nitrogens with zero attached hydrogens (tertiary/aromatic N) is 2. The van der Waals surface area contributed by atoms with Crippen molar-refractivity contribution in [1.29, 1.82) is 0 Å². The van der Waals surface area contributed by atoms with E-state index in [1.807, 2.05) is 0 Å². The van der Waals surface area contributed by atoms with Crippen LogP contribution in [0.3, 0.4) is 0 Å². The van der Waals surface area contributed by atoms with Crippen LogP contribution >= 0.6 is 21.9 Å². The molecule has 0 amide bonds. The van der Waals surface area contributed by atoms with Crippen molar-refractivity contribution in [2.75, 3.05) is 0 Å². The zero-order valence-corrected chi connectivity index (χ0v) is 34.8. The first-order chi connectivity index (χ1) is 15.2. The molecular formula is C24H56N2P4S2Te2. The van der Waals surface area contributed by atoms with Crippen LogP contribution in [0.2, 0.25) is 0 Å². The maximum atomic E-state index is 6.49. The van der Waals surface area contributed by atoms with Gasteiger partial charge in [0.15, 0.2) is 0 Å². The molecule has 0 atom stereocenters. The molecule has 0 aliphatic rings. The summed E-state index contributed by atoms with van der Waals surface area (Å²) in [6, 6.07) is 0. The normalized spacial score (nSPS) is 14.7. The van der Waals surface area contributed by atoms with Gasteiger partial charge in [0.2, 0.25) is 0 Å². The van der Waals surface area contributed by atoms with E-state index in [9.17, 15) is 0 Å². The molecule has 0 aliphatic carbocycles. The van der Waals surface area contributed by atoms with E-state index in [4.69, 9.17) is 32.6 Å². The Morgan fingerprint density at radius 3 is 0.676 bits per heavy atom. The van der Waals surface area contributed by atoms with Crippen molar-refractivity contribution in [1.82, 2.24) is 0 Å². The summed E-state index contributed by atoms with van der Waals surface area (Å²) in [6.45, 7) is 38.5. The Hall–Kier alpha value is 3.34. The van der Waals surface area contributed by atoms with E-state index in [0.717, 1.165) is 0 Å². The molecular weight excluding hydrogens is 760 g/mol. The summed E-state index contributed by atoms with van der Waals surface area (Å²) >= 11 is 12.5. The van der Waals surface area contributed by atoms with Gasteiger partial charge in [-0.05, 0) is 0 Å². The minimum absolute atomic E-state index is 0.257. The fraction of sp³-hybridized carbons (Fsp3) is 1.00. The Kier molecular flexibility index (Phi) is 16.3. The predicted octanol–water partition coefficient (Wildman–Crippen LogP) is 10.6. The molecule has 0 saturated heterocycles. The molecule has 0 heterocycles. The van der Waals surface area contributed by atoms with E-state index < -0.39 is 21.9 Å². The molecule has 0 radical (unpaired) electrons. The average molecular weight is 816 g/mol. The van der Waals surface area contributed by atoms with Crippen molar-refractivity contribution >= 4 is 78.5 Å². The molecule has 0 aromatic heterocycles. The van der Waals surface area contributed by atoms with Crippen LogP contribution in [0.4, 0.5) is 0 Å². The number of rotatable bonds is 13. The molecule has 0 bridgehead atoms. The van der Waals surface area contributed by atoms with Gasteiger partial charge in [0, 0.05) is 0 Å². The standard InChI is InChI=1S/C24H56N2P4S2Te2/c1-17(2)27(31,18(3)4)25-29(21(9)10,22(11)12)33-34-30(23(13)14,24(15)16)26-28(32,19(5)6)20(7)8/h17-24H,1-16H3. The van der Waals surface area contributed by atoms with E-state index in [2.05, 4.69) is 111 Å². The molecule has 0 rings (SSSR count). The van der Waals surface area contributed by atoms with Gasteiger partial charge in [0.1, 0.15) is 0 Å². The first kappa shape index (κ1) is 37.3. The summed E-state index contributed by atoms with van der Waals surface area (Å²) in [5.41, 5.74) is 4.61. The van der Waals surface area contributed by atoms with Gasteiger partial charge in [0.25, 0.3) is 0 Å². The van der Waals surface area contributed by atoms with Gasteiger partial charge in [-0.3, -0.25) is 0 Å². The Morgan fingerprint density at radius 2 is 0.559 bits per heavy atom. The Bertz CT molecular complexity index is 745. The summed E-state index contributed by atoms with van der Waals surface area (Å²) in [5, 5.41) is 0. The molecule has 0 N–H and O–H groups in total. The van der Waals surface area contributed by atoms with E-state index in [0.29, 0.717) is 45.3 Å². The van der Waals surface area contributed by atoms with Crippen molar-refractivity contribution in [3.63, 3.8) is 0 Å². The van der Waals surface area contributed by atoms with Crippen LogP contribution in [0.15, 0.2) is 9.03 Å². The second-order valence-corrected chi connectivity index (χ2v) is 60.3. The van der Waals surface area contributed by atoms with Crippen molar-refractivity contribution < 1.29 is 0 Å². The fourth-order valence-corrected chi connectivity index (χ4v) is 131. The van der Waals surface area contributed by atoms with Gasteiger partial charge in [-0.1, -0.05) is 0 Å². The first-order valence-electron chi connectivity index (χ1n) is 13.0. The van der Waals surface area contributed by atoms with Gasteiger partial charge in [-0.25, -0.2) is 0 Å². The van der Waals surface area contributed by atoms with E-state index in [-0.39, 0.29) is 33.0 Å².